The molecule has 0 aromatic rings. The average Bonchev–Trinajstić information content (AvgIpc) is 2.72. The third-order valence-electron chi connectivity index (χ3n) is 5.31. The molecule has 1 heterocycles. The van der Waals surface area contributed by atoms with Crippen LogP contribution in [-0.2, 0) is 19.2 Å². The minimum atomic E-state index is -0.797. The fraction of sp³-hybridized carbons (Fsp3) is 0.565. The van der Waals surface area contributed by atoms with Crippen LogP contribution in [0.25, 0.3) is 0 Å². The lowest BCUT2D eigenvalue weighted by atomic mass is 9.98. The van der Waals surface area contributed by atoms with Gasteiger partial charge in [-0.1, -0.05) is 44.2 Å². The van der Waals surface area contributed by atoms with Crippen LogP contribution in [0.1, 0.15) is 40.5 Å². The largest absolute Gasteiger partial charge is 0.354 e. The summed E-state index contributed by atoms with van der Waals surface area (Å²) in [5, 5.41) is 5.54. The summed E-state index contributed by atoms with van der Waals surface area (Å²) in [6.07, 6.45) is 11.0. The van der Waals surface area contributed by atoms with Crippen molar-refractivity contribution >= 4 is 23.6 Å². The van der Waals surface area contributed by atoms with Crippen molar-refractivity contribution in [3.8, 4) is 0 Å². The van der Waals surface area contributed by atoms with Gasteiger partial charge in [0.05, 0.1) is 0 Å². The van der Waals surface area contributed by atoms with E-state index in [1.54, 1.807) is 39.2 Å². The van der Waals surface area contributed by atoms with Crippen molar-refractivity contribution in [3.05, 3.63) is 36.5 Å². The molecule has 172 valence electrons. The zero-order valence-corrected chi connectivity index (χ0v) is 19.4. The highest BCUT2D eigenvalue weighted by atomic mass is 16.2. The molecule has 0 aromatic heterocycles. The second-order valence-electron chi connectivity index (χ2n) is 8.03. The molecule has 2 N–H and O–H groups in total. The second-order valence-corrected chi connectivity index (χ2v) is 8.03. The predicted octanol–water partition coefficient (Wildman–Crippen LogP) is 1.40. The second kappa shape index (κ2) is 12.7. The molecule has 1 aliphatic rings. The van der Waals surface area contributed by atoms with Crippen LogP contribution < -0.4 is 10.6 Å². The molecule has 1 unspecified atom stereocenters. The first-order chi connectivity index (χ1) is 14.6. The Hall–Kier alpha value is -2.90. The molecule has 0 aromatic carbocycles. The van der Waals surface area contributed by atoms with Crippen molar-refractivity contribution in [3.63, 3.8) is 0 Å². The van der Waals surface area contributed by atoms with E-state index in [4.69, 9.17) is 0 Å². The van der Waals surface area contributed by atoms with E-state index >= 15 is 0 Å². The van der Waals surface area contributed by atoms with Crippen LogP contribution >= 0.6 is 0 Å². The zero-order valence-electron chi connectivity index (χ0n) is 19.4. The summed E-state index contributed by atoms with van der Waals surface area (Å²) in [6.45, 7) is 7.61. The van der Waals surface area contributed by atoms with E-state index in [1.807, 2.05) is 32.9 Å². The van der Waals surface area contributed by atoms with Gasteiger partial charge < -0.3 is 20.4 Å². The first-order valence-corrected chi connectivity index (χ1v) is 10.7. The molecule has 0 bridgehead atoms. The van der Waals surface area contributed by atoms with Gasteiger partial charge in [-0.2, -0.15) is 0 Å². The first-order valence-electron chi connectivity index (χ1n) is 10.7. The lowest BCUT2D eigenvalue weighted by molar-refractivity contribution is -0.150. The van der Waals surface area contributed by atoms with Crippen LogP contribution in [0.5, 0.6) is 0 Å². The monoisotopic (exact) mass is 432 g/mol. The molecule has 8 nitrogen and oxygen atoms in total. The predicted molar refractivity (Wildman–Crippen MR) is 121 cm³/mol. The van der Waals surface area contributed by atoms with E-state index < -0.39 is 24.0 Å². The smallest absolute Gasteiger partial charge is 0.246 e. The van der Waals surface area contributed by atoms with Crippen LogP contribution in [0.3, 0.4) is 0 Å². The van der Waals surface area contributed by atoms with Crippen LogP contribution in [0.4, 0.5) is 0 Å². The number of carbonyl (C=O) groups excluding carboxylic acids is 4. The number of hydrogen-bond acceptors (Lipinski definition) is 4. The zero-order chi connectivity index (χ0) is 23.6. The third-order valence-corrected chi connectivity index (χ3v) is 5.31. The number of carbonyl (C=O) groups is 4. The molecule has 0 saturated carbocycles. The van der Waals surface area contributed by atoms with Crippen molar-refractivity contribution in [1.82, 2.24) is 20.4 Å². The summed E-state index contributed by atoms with van der Waals surface area (Å²) in [6, 6.07) is -2.19. The molecule has 1 rings (SSSR count). The van der Waals surface area contributed by atoms with Gasteiger partial charge in [-0.05, 0) is 32.6 Å². The maximum Gasteiger partial charge on any atom is 0.246 e. The van der Waals surface area contributed by atoms with Gasteiger partial charge >= 0.3 is 0 Å². The molecule has 4 amide bonds. The quantitative estimate of drug-likeness (QED) is 0.507. The van der Waals surface area contributed by atoms with Gasteiger partial charge in [0.25, 0.3) is 0 Å². The molecule has 0 aliphatic carbocycles. The van der Waals surface area contributed by atoms with Crippen molar-refractivity contribution < 1.29 is 19.2 Å². The molecule has 1 fully saturated rings. The van der Waals surface area contributed by atoms with E-state index in [0.29, 0.717) is 19.4 Å². The van der Waals surface area contributed by atoms with Gasteiger partial charge in [-0.25, -0.2) is 0 Å². The average molecular weight is 433 g/mol. The maximum atomic E-state index is 13.2. The standard InChI is InChI=1S/C23H36N4O4/c1-7-8-9-10-11-14-19(28)25-18-13-12-15-24-21(29)17(4)26(5)23(31)20(16(2)3)27(6)22(18)30/h7-11,14,16-18,20H,12-13,15H2,1-6H3,(H,24,29)(H,25,28)/b8-7+,10-9+,14-11+/t17-,18?,20-/m0/s1. The number of rotatable bonds is 5. The highest BCUT2D eigenvalue weighted by molar-refractivity contribution is 5.96. The molecular weight excluding hydrogens is 396 g/mol. The van der Waals surface area contributed by atoms with Crippen LogP contribution in [0.15, 0.2) is 36.5 Å². The summed E-state index contributed by atoms with van der Waals surface area (Å²) in [5.74, 6) is -1.45. The van der Waals surface area contributed by atoms with Crippen LogP contribution in [-0.4, -0.2) is 72.2 Å². The van der Waals surface area contributed by atoms with Gasteiger partial charge in [0.15, 0.2) is 0 Å². The summed E-state index contributed by atoms with van der Waals surface area (Å²) in [7, 11) is 3.14. The summed E-state index contributed by atoms with van der Waals surface area (Å²) < 4.78 is 0. The number of nitrogens with one attached hydrogen (secondary N) is 2. The molecular formula is C23H36N4O4. The summed E-state index contributed by atoms with van der Waals surface area (Å²) in [4.78, 5) is 53.8. The fourth-order valence-corrected chi connectivity index (χ4v) is 3.38. The Labute approximate surface area is 185 Å². The molecule has 0 radical (unpaired) electrons. The molecule has 1 saturated heterocycles. The van der Waals surface area contributed by atoms with Crippen LogP contribution in [0.2, 0.25) is 0 Å². The highest BCUT2D eigenvalue weighted by Crippen LogP contribution is 2.17. The van der Waals surface area contributed by atoms with E-state index in [0.717, 1.165) is 0 Å². The van der Waals surface area contributed by atoms with Gasteiger partial charge in [0.2, 0.25) is 23.6 Å². The van der Waals surface area contributed by atoms with Gasteiger partial charge in [-0.3, -0.25) is 19.2 Å². The van der Waals surface area contributed by atoms with Crippen LogP contribution in [0, 0.1) is 5.92 Å². The Morgan fingerprint density at radius 3 is 2.32 bits per heavy atom. The fourth-order valence-electron chi connectivity index (χ4n) is 3.38. The Morgan fingerprint density at radius 2 is 1.71 bits per heavy atom. The molecule has 8 heteroatoms. The maximum absolute atomic E-state index is 13.2. The summed E-state index contributed by atoms with van der Waals surface area (Å²) in [5.41, 5.74) is 0. The Balaban J connectivity index is 3.11. The Kier molecular flexibility index (Phi) is 10.7. The normalized spacial score (nSPS) is 24.7. The molecule has 3 atom stereocenters. The van der Waals surface area contributed by atoms with Gasteiger partial charge in [0.1, 0.15) is 18.1 Å². The number of nitrogens with zero attached hydrogens (tertiary/aromatic N) is 2. The Bertz CT molecular complexity index is 742. The van der Waals surface area contributed by atoms with Gasteiger partial charge in [-0.15, -0.1) is 0 Å². The third kappa shape index (κ3) is 7.70. The van der Waals surface area contributed by atoms with E-state index in [-0.39, 0.29) is 23.6 Å². The van der Waals surface area contributed by atoms with E-state index in [1.165, 1.54) is 15.9 Å². The lowest BCUT2D eigenvalue weighted by Crippen LogP contribution is -2.59. The number of hydrogen-bond donors (Lipinski definition) is 2. The minimum Gasteiger partial charge on any atom is -0.354 e. The van der Waals surface area contributed by atoms with E-state index in [9.17, 15) is 19.2 Å². The number of likely N-dealkylation sites (N-methyl/N-ethyl adjacent to an activating group) is 2. The van der Waals surface area contributed by atoms with Crippen molar-refractivity contribution in [2.45, 2.75) is 58.7 Å². The van der Waals surface area contributed by atoms with Gasteiger partial charge in [0, 0.05) is 26.7 Å². The molecule has 1 aliphatic heterocycles. The Morgan fingerprint density at radius 1 is 1.06 bits per heavy atom. The molecule has 31 heavy (non-hydrogen) atoms. The molecule has 0 spiro atoms. The summed E-state index contributed by atoms with van der Waals surface area (Å²) >= 11 is 0. The highest BCUT2D eigenvalue weighted by Gasteiger charge is 2.37. The minimum absolute atomic E-state index is 0.171. The lowest BCUT2D eigenvalue weighted by Gasteiger charge is -2.37. The van der Waals surface area contributed by atoms with Crippen molar-refractivity contribution in [2.24, 2.45) is 5.92 Å². The van der Waals surface area contributed by atoms with Crippen molar-refractivity contribution in [2.75, 3.05) is 20.6 Å². The SMILES string of the molecule is C/C=C/C=C/C=C/C(=O)NC1CCCNC(=O)[C@H](C)N(C)C(=O)[C@H](C(C)C)N(C)C1=O. The number of allylic oxidation sites excluding steroid dienone is 5. The van der Waals surface area contributed by atoms with Crippen molar-refractivity contribution in [1.29, 1.82) is 0 Å². The van der Waals surface area contributed by atoms with E-state index in [2.05, 4.69) is 10.6 Å². The first kappa shape index (κ1) is 26.1. The number of amides is 4. The topological polar surface area (TPSA) is 98.8 Å².